The third-order valence-electron chi connectivity index (χ3n) is 18.5. The predicted octanol–water partition coefficient (Wildman–Crippen LogP) is 13.5. The summed E-state index contributed by atoms with van der Waals surface area (Å²) in [5.41, 5.74) is 2.57. The van der Waals surface area contributed by atoms with Crippen molar-refractivity contribution in [1.29, 1.82) is 0 Å². The van der Waals surface area contributed by atoms with Gasteiger partial charge in [-0.1, -0.05) is 151 Å². The fraction of sp³-hybridized carbons (Fsp3) is 0.941. The van der Waals surface area contributed by atoms with Gasteiger partial charge in [0.05, 0.1) is 6.61 Å². The highest BCUT2D eigenvalue weighted by Gasteiger charge is 2.70. The molecular formula is C51H90O5. The van der Waals surface area contributed by atoms with Crippen molar-refractivity contribution in [1.82, 2.24) is 0 Å². The van der Waals surface area contributed by atoms with Crippen molar-refractivity contribution in [3.05, 3.63) is 12.2 Å². The molecule has 5 aliphatic carbocycles. The monoisotopic (exact) mass is 783 g/mol. The van der Waals surface area contributed by atoms with Crippen LogP contribution in [0.25, 0.3) is 0 Å². The standard InChI is InChI=1S/C51H90O5/c1-10-11-12-13-14-15-16-17-18-19-20-21-22-23-24-25-44(53)55-36-40(52)46(54)56-43-30-32-49(7)41(47(43,4)5)29-33-51(9)42(49)27-26-39-45-38(37(2)3)28-31-48(45,6)34-35-50(39,51)8/h38-45,52-53H,2,10-36H2,1,3-9H3/t38-,39+,40+,41-,42+,43-,44+,45+,48+,49-,50+,51+/m0/s1. The van der Waals surface area contributed by atoms with Crippen molar-refractivity contribution in [2.45, 2.75) is 241 Å². The molecule has 0 heterocycles. The number of ether oxygens (including phenoxy) is 2. The normalized spacial score (nSPS) is 38.5. The molecule has 5 nitrogen and oxygen atoms in total. The van der Waals surface area contributed by atoms with Gasteiger partial charge in [-0.3, -0.25) is 0 Å². The first-order valence-electron chi connectivity index (χ1n) is 24.4. The molecular weight excluding hydrogens is 693 g/mol. The second-order valence-electron chi connectivity index (χ2n) is 22.2. The minimum Gasteiger partial charge on any atom is -0.460 e. The van der Waals surface area contributed by atoms with Gasteiger partial charge in [0, 0.05) is 5.41 Å². The molecule has 2 N–H and O–H groups in total. The molecule has 5 heteroatoms. The number of rotatable bonds is 22. The molecule has 0 unspecified atom stereocenters. The molecule has 5 aliphatic rings. The fourth-order valence-corrected chi connectivity index (χ4v) is 14.9. The molecule has 0 aromatic rings. The number of esters is 1. The quantitative estimate of drug-likeness (QED) is 0.0495. The molecule has 5 saturated carbocycles. The van der Waals surface area contributed by atoms with E-state index in [9.17, 15) is 15.0 Å². The van der Waals surface area contributed by atoms with E-state index in [1.54, 1.807) is 0 Å². The zero-order valence-electron chi connectivity index (χ0n) is 38.0. The lowest BCUT2D eigenvalue weighted by molar-refractivity contribution is -0.250. The Kier molecular flexibility index (Phi) is 16.2. The summed E-state index contributed by atoms with van der Waals surface area (Å²) in [5.74, 6) is 2.78. The van der Waals surface area contributed by atoms with Gasteiger partial charge in [0.2, 0.25) is 0 Å². The summed E-state index contributed by atoms with van der Waals surface area (Å²) in [7, 11) is 0. The molecule has 0 aliphatic heterocycles. The molecule has 0 saturated heterocycles. The second kappa shape index (κ2) is 19.6. The highest BCUT2D eigenvalue weighted by molar-refractivity contribution is 5.74. The number of fused-ring (bicyclic) bond motifs is 7. The lowest BCUT2D eigenvalue weighted by Crippen LogP contribution is -2.66. The Morgan fingerprint density at radius 2 is 1.27 bits per heavy atom. The zero-order chi connectivity index (χ0) is 40.8. The summed E-state index contributed by atoms with van der Waals surface area (Å²) >= 11 is 0. The van der Waals surface area contributed by atoms with Gasteiger partial charge in [0.25, 0.3) is 0 Å². The van der Waals surface area contributed by atoms with Crippen LogP contribution in [0.3, 0.4) is 0 Å². The highest BCUT2D eigenvalue weighted by Crippen LogP contribution is 2.77. The third kappa shape index (κ3) is 9.66. The largest absolute Gasteiger partial charge is 0.460 e. The SMILES string of the molecule is C=C(C)[C@@H]1CC[C@]2(C)CC[C@]3(C)[C@H](CC[C@@H]4[C@@]5(C)CC[C@H](OC(=O)[C@H](O)CO[C@@H](O)CCCCCCCCCCCCCCCCC)C(C)(C)[C@@H]5CC[C@]43C)[C@@H]12. The topological polar surface area (TPSA) is 76.0 Å². The van der Waals surface area contributed by atoms with Crippen molar-refractivity contribution in [2.24, 2.45) is 56.7 Å². The first kappa shape index (κ1) is 46.2. The summed E-state index contributed by atoms with van der Waals surface area (Å²) in [4.78, 5) is 13.3. The van der Waals surface area contributed by atoms with Gasteiger partial charge in [-0.15, -0.1) is 0 Å². The average Bonchev–Trinajstić information content (AvgIpc) is 3.51. The molecule has 0 amide bonds. The van der Waals surface area contributed by atoms with Gasteiger partial charge >= 0.3 is 5.97 Å². The van der Waals surface area contributed by atoms with Crippen LogP contribution >= 0.6 is 0 Å². The lowest BCUT2D eigenvalue weighted by atomic mass is 9.32. The van der Waals surface area contributed by atoms with Crippen molar-refractivity contribution in [3.63, 3.8) is 0 Å². The van der Waals surface area contributed by atoms with Crippen molar-refractivity contribution in [2.75, 3.05) is 6.61 Å². The van der Waals surface area contributed by atoms with Crippen molar-refractivity contribution < 1.29 is 24.5 Å². The Morgan fingerprint density at radius 3 is 1.86 bits per heavy atom. The van der Waals surface area contributed by atoms with E-state index in [0.29, 0.717) is 40.4 Å². The van der Waals surface area contributed by atoms with Crippen LogP contribution in [0.5, 0.6) is 0 Å². The molecule has 0 aromatic heterocycles. The molecule has 0 bridgehead atoms. The summed E-state index contributed by atoms with van der Waals surface area (Å²) < 4.78 is 11.7. The van der Waals surface area contributed by atoms with Gasteiger partial charge in [0.1, 0.15) is 6.10 Å². The summed E-state index contributed by atoms with van der Waals surface area (Å²) in [6.45, 7) is 24.2. The molecule has 0 radical (unpaired) electrons. The van der Waals surface area contributed by atoms with Crippen LogP contribution in [0.2, 0.25) is 0 Å². The molecule has 5 fully saturated rings. The Hall–Kier alpha value is -0.910. The van der Waals surface area contributed by atoms with Gasteiger partial charge in [-0.05, 0) is 135 Å². The smallest absolute Gasteiger partial charge is 0.337 e. The molecule has 324 valence electrons. The maximum absolute atomic E-state index is 13.3. The van der Waals surface area contributed by atoms with E-state index in [1.807, 2.05) is 0 Å². The third-order valence-corrected chi connectivity index (χ3v) is 18.5. The van der Waals surface area contributed by atoms with Crippen LogP contribution in [-0.4, -0.2) is 41.3 Å². The molecule has 5 rings (SSSR count). The minimum absolute atomic E-state index is 0.184. The van der Waals surface area contributed by atoms with Gasteiger partial charge < -0.3 is 19.7 Å². The number of aliphatic hydroxyl groups is 2. The van der Waals surface area contributed by atoms with Crippen LogP contribution in [-0.2, 0) is 14.3 Å². The fourth-order valence-electron chi connectivity index (χ4n) is 14.9. The first-order valence-corrected chi connectivity index (χ1v) is 24.4. The maximum Gasteiger partial charge on any atom is 0.337 e. The number of hydrogen-bond acceptors (Lipinski definition) is 5. The van der Waals surface area contributed by atoms with Crippen molar-refractivity contribution >= 4 is 5.97 Å². The Morgan fingerprint density at radius 1 is 0.679 bits per heavy atom. The average molecular weight is 783 g/mol. The van der Waals surface area contributed by atoms with E-state index in [1.165, 1.54) is 140 Å². The van der Waals surface area contributed by atoms with Crippen LogP contribution in [0.1, 0.15) is 222 Å². The second-order valence-corrected chi connectivity index (χ2v) is 22.2. The van der Waals surface area contributed by atoms with Crippen LogP contribution < -0.4 is 0 Å². The van der Waals surface area contributed by atoms with Crippen molar-refractivity contribution in [3.8, 4) is 0 Å². The van der Waals surface area contributed by atoms with E-state index >= 15 is 0 Å². The Labute approximate surface area is 345 Å². The predicted molar refractivity (Wildman–Crippen MR) is 232 cm³/mol. The number of hydrogen-bond donors (Lipinski definition) is 2. The minimum atomic E-state index is -1.38. The number of carbonyl (C=O) groups is 1. The number of unbranched alkanes of at least 4 members (excludes halogenated alkanes) is 14. The van der Waals surface area contributed by atoms with E-state index < -0.39 is 18.4 Å². The van der Waals surface area contributed by atoms with E-state index in [-0.39, 0.29) is 23.5 Å². The Balaban J connectivity index is 1.02. The zero-order valence-corrected chi connectivity index (χ0v) is 38.0. The van der Waals surface area contributed by atoms with E-state index in [2.05, 4.69) is 62.0 Å². The Bertz CT molecular complexity index is 1260. The number of carbonyl (C=O) groups excluding carboxylic acids is 1. The van der Waals surface area contributed by atoms with Gasteiger partial charge in [-0.25, -0.2) is 4.79 Å². The van der Waals surface area contributed by atoms with Gasteiger partial charge in [-0.2, -0.15) is 0 Å². The highest BCUT2D eigenvalue weighted by atomic mass is 16.6. The van der Waals surface area contributed by atoms with E-state index in [4.69, 9.17) is 9.47 Å². The van der Waals surface area contributed by atoms with Crippen LogP contribution in [0, 0.1) is 56.7 Å². The number of allylic oxidation sites excluding steroid dienone is 1. The number of aliphatic hydroxyl groups excluding tert-OH is 2. The van der Waals surface area contributed by atoms with Gasteiger partial charge in [0.15, 0.2) is 12.4 Å². The summed E-state index contributed by atoms with van der Waals surface area (Å²) in [6.07, 6.45) is 29.9. The van der Waals surface area contributed by atoms with E-state index in [0.717, 1.165) is 37.5 Å². The molecule has 12 atom stereocenters. The molecule has 0 spiro atoms. The van der Waals surface area contributed by atoms with Crippen LogP contribution in [0.15, 0.2) is 12.2 Å². The maximum atomic E-state index is 13.3. The summed E-state index contributed by atoms with van der Waals surface area (Å²) in [5, 5.41) is 21.3. The van der Waals surface area contributed by atoms with Crippen LogP contribution in [0.4, 0.5) is 0 Å². The first-order chi connectivity index (χ1) is 26.5. The summed E-state index contributed by atoms with van der Waals surface area (Å²) in [6, 6.07) is 0. The lowest BCUT2D eigenvalue weighted by Gasteiger charge is -2.73. The molecule has 0 aromatic carbocycles. The molecule has 56 heavy (non-hydrogen) atoms.